The highest BCUT2D eigenvalue weighted by Gasteiger charge is 2.24. The lowest BCUT2D eigenvalue weighted by molar-refractivity contribution is -0.116. The number of pyridine rings is 1. The van der Waals surface area contributed by atoms with Gasteiger partial charge in [-0.25, -0.2) is 13.4 Å². The zero-order chi connectivity index (χ0) is 21.0. The van der Waals surface area contributed by atoms with E-state index >= 15 is 0 Å². The van der Waals surface area contributed by atoms with E-state index in [2.05, 4.69) is 10.3 Å². The number of carbonyl (C=O) groups is 1. The van der Waals surface area contributed by atoms with Crippen LogP contribution in [0.25, 0.3) is 0 Å². The molecule has 10 heteroatoms. The third-order valence-corrected chi connectivity index (χ3v) is 7.34. The molecule has 1 aromatic carbocycles. The Morgan fingerprint density at radius 3 is 2.48 bits per heavy atom. The first kappa shape index (κ1) is 21.3. The summed E-state index contributed by atoms with van der Waals surface area (Å²) in [5.74, 6) is 0.536. The van der Waals surface area contributed by atoms with Gasteiger partial charge in [0.1, 0.15) is 9.96 Å². The fourth-order valence-corrected chi connectivity index (χ4v) is 5.14. The number of likely N-dealkylation sites (N-methyl/N-ethyl adjacent to an activating group) is 1. The van der Waals surface area contributed by atoms with Gasteiger partial charge >= 0.3 is 0 Å². The van der Waals surface area contributed by atoms with Crippen LogP contribution in [0.3, 0.4) is 0 Å². The number of halogens is 1. The predicted molar refractivity (Wildman–Crippen MR) is 113 cm³/mol. The Bertz CT molecular complexity index is 1100. The van der Waals surface area contributed by atoms with Crippen molar-refractivity contribution in [3.05, 3.63) is 64.6 Å². The lowest BCUT2D eigenvalue weighted by atomic mass is 10.2. The summed E-state index contributed by atoms with van der Waals surface area (Å²) in [6.45, 7) is 1.64. The first-order valence-electron chi connectivity index (χ1n) is 8.46. The number of amides is 1. The number of carbonyl (C=O) groups excluding carboxylic acids is 1. The maximum atomic E-state index is 12.4. The summed E-state index contributed by atoms with van der Waals surface area (Å²) in [7, 11) is -2.45. The van der Waals surface area contributed by atoms with Gasteiger partial charge in [-0.15, -0.1) is 11.3 Å². The van der Waals surface area contributed by atoms with Crippen LogP contribution >= 0.6 is 22.9 Å². The number of hydrogen-bond donors (Lipinski definition) is 1. The maximum Gasteiger partial charge on any atom is 0.252 e. The highest BCUT2D eigenvalue weighted by molar-refractivity contribution is 7.91. The average Bonchev–Trinajstić information content (AvgIpc) is 3.12. The molecule has 2 heterocycles. The predicted octanol–water partition coefficient (Wildman–Crippen LogP) is 4.16. The van der Waals surface area contributed by atoms with Crippen LogP contribution in [0, 0.1) is 6.92 Å². The molecule has 29 heavy (non-hydrogen) atoms. The van der Waals surface area contributed by atoms with Crippen molar-refractivity contribution in [2.24, 2.45) is 0 Å². The first-order valence-corrected chi connectivity index (χ1v) is 11.1. The minimum absolute atomic E-state index is 0.0806. The monoisotopic (exact) mass is 451 g/mol. The minimum atomic E-state index is -3.78. The van der Waals surface area contributed by atoms with E-state index in [0.717, 1.165) is 21.2 Å². The van der Waals surface area contributed by atoms with Crippen molar-refractivity contribution < 1.29 is 17.9 Å². The van der Waals surface area contributed by atoms with E-state index in [-0.39, 0.29) is 10.8 Å². The summed E-state index contributed by atoms with van der Waals surface area (Å²) < 4.78 is 31.9. The maximum absolute atomic E-state index is 12.4. The highest BCUT2D eigenvalue weighted by atomic mass is 35.5. The van der Waals surface area contributed by atoms with Crippen LogP contribution in [-0.2, 0) is 14.8 Å². The van der Waals surface area contributed by atoms with E-state index in [1.807, 2.05) is 31.2 Å². The number of sulfonamides is 1. The quantitative estimate of drug-likeness (QED) is 0.582. The second-order valence-electron chi connectivity index (χ2n) is 6.17. The molecular formula is C19H18ClN3O4S2. The number of ether oxygens (including phenoxy) is 1. The molecule has 3 aromatic rings. The summed E-state index contributed by atoms with van der Waals surface area (Å²) in [6, 6.07) is 13.7. The SMILES string of the molecule is Cc1ccc(Oc2ccc(NC(=O)CN(C)S(=O)(=O)c3ccc(Cl)s3)cn2)cc1. The van der Waals surface area contributed by atoms with Crippen LogP contribution in [0.2, 0.25) is 4.34 Å². The Kier molecular flexibility index (Phi) is 6.53. The van der Waals surface area contributed by atoms with Gasteiger partial charge in [0.15, 0.2) is 0 Å². The summed E-state index contributed by atoms with van der Waals surface area (Å²) in [5.41, 5.74) is 1.55. The molecule has 3 rings (SSSR count). The van der Waals surface area contributed by atoms with Crippen molar-refractivity contribution in [3.8, 4) is 11.6 Å². The Balaban J connectivity index is 1.58. The van der Waals surface area contributed by atoms with Crippen LogP contribution in [0.5, 0.6) is 11.6 Å². The van der Waals surface area contributed by atoms with Gasteiger partial charge in [0.2, 0.25) is 11.8 Å². The fraction of sp³-hybridized carbons (Fsp3) is 0.158. The molecule has 0 atom stereocenters. The molecule has 0 saturated carbocycles. The van der Waals surface area contributed by atoms with E-state index in [9.17, 15) is 13.2 Å². The van der Waals surface area contributed by atoms with Gasteiger partial charge in [-0.2, -0.15) is 4.31 Å². The molecule has 7 nitrogen and oxygen atoms in total. The van der Waals surface area contributed by atoms with Crippen molar-refractivity contribution in [1.82, 2.24) is 9.29 Å². The molecule has 0 aliphatic heterocycles. The Morgan fingerprint density at radius 1 is 1.17 bits per heavy atom. The van der Waals surface area contributed by atoms with Crippen molar-refractivity contribution in [3.63, 3.8) is 0 Å². The first-order chi connectivity index (χ1) is 13.7. The van der Waals surface area contributed by atoms with Crippen LogP contribution in [0.15, 0.2) is 58.9 Å². The van der Waals surface area contributed by atoms with Crippen LogP contribution in [0.1, 0.15) is 5.56 Å². The van der Waals surface area contributed by atoms with E-state index in [4.69, 9.17) is 16.3 Å². The van der Waals surface area contributed by atoms with Gasteiger partial charge < -0.3 is 10.1 Å². The van der Waals surface area contributed by atoms with Crippen LogP contribution < -0.4 is 10.1 Å². The number of anilines is 1. The molecule has 0 fully saturated rings. The second kappa shape index (κ2) is 8.91. The molecule has 0 aliphatic rings. The molecule has 0 unspecified atom stereocenters. The summed E-state index contributed by atoms with van der Waals surface area (Å²) in [4.78, 5) is 16.4. The van der Waals surface area contributed by atoms with Gasteiger partial charge in [0, 0.05) is 13.1 Å². The smallest absolute Gasteiger partial charge is 0.252 e. The fourth-order valence-electron chi connectivity index (χ4n) is 2.32. The molecule has 0 saturated heterocycles. The third kappa shape index (κ3) is 5.54. The van der Waals surface area contributed by atoms with E-state index in [1.165, 1.54) is 25.4 Å². The molecular weight excluding hydrogens is 434 g/mol. The molecule has 2 aromatic heterocycles. The Hall–Kier alpha value is -2.46. The number of aryl methyl sites for hydroxylation is 1. The zero-order valence-electron chi connectivity index (χ0n) is 15.6. The van der Waals surface area contributed by atoms with Gasteiger partial charge in [-0.1, -0.05) is 29.3 Å². The highest BCUT2D eigenvalue weighted by Crippen LogP contribution is 2.27. The lowest BCUT2D eigenvalue weighted by Crippen LogP contribution is -2.34. The van der Waals surface area contributed by atoms with E-state index in [1.54, 1.807) is 12.1 Å². The number of hydrogen-bond acceptors (Lipinski definition) is 6. The van der Waals surface area contributed by atoms with Gasteiger partial charge in [0.25, 0.3) is 10.0 Å². The molecule has 1 amide bonds. The summed E-state index contributed by atoms with van der Waals surface area (Å²) >= 11 is 6.73. The van der Waals surface area contributed by atoms with Gasteiger partial charge in [0.05, 0.1) is 22.8 Å². The third-order valence-electron chi connectivity index (χ3n) is 3.84. The average molecular weight is 452 g/mol. The topological polar surface area (TPSA) is 88.6 Å². The Labute approximate surface area is 178 Å². The van der Waals surface area contributed by atoms with Gasteiger partial charge in [-0.3, -0.25) is 4.79 Å². The Morgan fingerprint density at radius 2 is 1.90 bits per heavy atom. The van der Waals surface area contributed by atoms with Crippen molar-refractivity contribution in [2.75, 3.05) is 18.9 Å². The van der Waals surface area contributed by atoms with E-state index in [0.29, 0.717) is 21.7 Å². The molecule has 1 N–H and O–H groups in total. The number of nitrogens with one attached hydrogen (secondary N) is 1. The summed E-state index contributed by atoms with van der Waals surface area (Å²) in [6.07, 6.45) is 1.44. The van der Waals surface area contributed by atoms with Crippen molar-refractivity contribution >= 4 is 44.6 Å². The normalized spacial score (nSPS) is 11.4. The molecule has 152 valence electrons. The number of thiophene rings is 1. The molecule has 0 spiro atoms. The molecule has 0 bridgehead atoms. The number of aromatic nitrogens is 1. The molecule has 0 radical (unpaired) electrons. The number of benzene rings is 1. The summed E-state index contributed by atoms with van der Waals surface area (Å²) in [5, 5.41) is 2.61. The lowest BCUT2D eigenvalue weighted by Gasteiger charge is -2.15. The number of rotatable bonds is 7. The standard InChI is InChI=1S/C19H18ClN3O4S2/c1-13-3-6-15(7-4-13)27-18-9-5-14(11-21-18)22-17(24)12-23(2)29(25,26)19-10-8-16(20)28-19/h3-11H,12H2,1-2H3,(H,22,24). The van der Waals surface area contributed by atoms with Gasteiger partial charge in [-0.05, 0) is 37.3 Å². The second-order valence-corrected chi connectivity index (χ2v) is 10.2. The van der Waals surface area contributed by atoms with Crippen LogP contribution in [-0.4, -0.2) is 37.2 Å². The van der Waals surface area contributed by atoms with Crippen molar-refractivity contribution in [2.45, 2.75) is 11.1 Å². The largest absolute Gasteiger partial charge is 0.439 e. The molecule has 0 aliphatic carbocycles. The minimum Gasteiger partial charge on any atom is -0.439 e. The number of nitrogens with zero attached hydrogens (tertiary/aromatic N) is 2. The van der Waals surface area contributed by atoms with Crippen molar-refractivity contribution in [1.29, 1.82) is 0 Å². The zero-order valence-corrected chi connectivity index (χ0v) is 18.0. The van der Waals surface area contributed by atoms with E-state index < -0.39 is 15.9 Å². The van der Waals surface area contributed by atoms with Crippen LogP contribution in [0.4, 0.5) is 5.69 Å².